The van der Waals surface area contributed by atoms with E-state index in [0.29, 0.717) is 24.4 Å². The summed E-state index contributed by atoms with van der Waals surface area (Å²) in [5, 5.41) is 3.87. The van der Waals surface area contributed by atoms with Gasteiger partial charge >= 0.3 is 5.97 Å². The molecule has 0 radical (unpaired) electrons. The van der Waals surface area contributed by atoms with E-state index in [2.05, 4.69) is 10.3 Å². The summed E-state index contributed by atoms with van der Waals surface area (Å²) in [6, 6.07) is 14.9. The lowest BCUT2D eigenvalue weighted by Crippen LogP contribution is -2.47. The molecule has 2 aromatic carbocycles. The van der Waals surface area contributed by atoms with Gasteiger partial charge in [0.05, 0.1) is 12.2 Å². The molecule has 8 heteroatoms. The highest BCUT2D eigenvalue weighted by atomic mass is 16.6. The molecule has 3 aromatic rings. The van der Waals surface area contributed by atoms with Gasteiger partial charge in [0.1, 0.15) is 5.75 Å². The molecule has 1 atom stereocenters. The van der Waals surface area contributed by atoms with E-state index in [0.717, 1.165) is 16.5 Å². The molecule has 1 aliphatic heterocycles. The monoisotopic (exact) mass is 421 g/mol. The maximum atomic E-state index is 12.4. The van der Waals surface area contributed by atoms with Crippen LogP contribution < -0.4 is 15.0 Å². The molecule has 0 spiro atoms. The van der Waals surface area contributed by atoms with E-state index >= 15 is 0 Å². The Morgan fingerprint density at radius 2 is 1.94 bits per heavy atom. The molecule has 8 nitrogen and oxygen atoms in total. The highest BCUT2D eigenvalue weighted by Crippen LogP contribution is 2.33. The van der Waals surface area contributed by atoms with E-state index in [1.165, 1.54) is 11.8 Å². The van der Waals surface area contributed by atoms with Crippen LogP contribution in [0.1, 0.15) is 12.5 Å². The molecule has 160 valence electrons. The number of fused-ring (bicyclic) bond motifs is 2. The van der Waals surface area contributed by atoms with E-state index in [1.807, 2.05) is 30.5 Å². The van der Waals surface area contributed by atoms with Crippen molar-refractivity contribution in [2.24, 2.45) is 0 Å². The van der Waals surface area contributed by atoms with E-state index < -0.39 is 24.6 Å². The van der Waals surface area contributed by atoms with Crippen molar-refractivity contribution in [2.45, 2.75) is 19.4 Å². The molecule has 0 saturated heterocycles. The van der Waals surface area contributed by atoms with Crippen molar-refractivity contribution in [3.63, 3.8) is 0 Å². The Kier molecular flexibility index (Phi) is 5.88. The molecule has 2 N–H and O–H groups in total. The topological polar surface area (TPSA) is 101 Å². The zero-order chi connectivity index (χ0) is 21.8. The van der Waals surface area contributed by atoms with Crippen molar-refractivity contribution < 1.29 is 23.9 Å². The quantitative estimate of drug-likeness (QED) is 0.594. The summed E-state index contributed by atoms with van der Waals surface area (Å²) >= 11 is 0. The van der Waals surface area contributed by atoms with Crippen LogP contribution >= 0.6 is 0 Å². The number of hydrogen-bond donors (Lipinski definition) is 2. The first-order valence-corrected chi connectivity index (χ1v) is 10.0. The molecule has 0 unspecified atom stereocenters. The summed E-state index contributed by atoms with van der Waals surface area (Å²) in [7, 11) is 0. The number of carbonyl (C=O) groups excluding carboxylic acids is 3. The largest absolute Gasteiger partial charge is 0.475 e. The van der Waals surface area contributed by atoms with Crippen LogP contribution in [0.4, 0.5) is 5.69 Å². The van der Waals surface area contributed by atoms with Crippen molar-refractivity contribution >= 4 is 34.4 Å². The van der Waals surface area contributed by atoms with E-state index in [4.69, 9.17) is 9.47 Å². The Morgan fingerprint density at radius 3 is 2.77 bits per heavy atom. The minimum Gasteiger partial charge on any atom is -0.475 e. The number of rotatable bonds is 6. The number of para-hydroxylation sites is 3. The van der Waals surface area contributed by atoms with Crippen LogP contribution in [-0.2, 0) is 25.5 Å². The minimum absolute atomic E-state index is 0.0351. The van der Waals surface area contributed by atoms with Gasteiger partial charge in [-0.1, -0.05) is 30.3 Å². The van der Waals surface area contributed by atoms with Gasteiger partial charge in [-0.2, -0.15) is 0 Å². The predicted molar refractivity (Wildman–Crippen MR) is 115 cm³/mol. The van der Waals surface area contributed by atoms with Crippen LogP contribution in [0.3, 0.4) is 0 Å². The Labute approximate surface area is 179 Å². The third kappa shape index (κ3) is 4.53. The fourth-order valence-electron chi connectivity index (χ4n) is 3.61. The van der Waals surface area contributed by atoms with E-state index in [1.54, 1.807) is 24.3 Å². The molecule has 1 aliphatic rings. The highest BCUT2D eigenvalue weighted by Gasteiger charge is 2.33. The first kappa shape index (κ1) is 20.5. The number of H-pyrrole nitrogens is 1. The van der Waals surface area contributed by atoms with E-state index in [-0.39, 0.29) is 12.5 Å². The average Bonchev–Trinajstić information content (AvgIpc) is 3.19. The van der Waals surface area contributed by atoms with Crippen LogP contribution in [0.5, 0.6) is 5.75 Å². The fourth-order valence-corrected chi connectivity index (χ4v) is 3.61. The number of hydrogen-bond acceptors (Lipinski definition) is 5. The van der Waals surface area contributed by atoms with Gasteiger partial charge in [0.2, 0.25) is 12.0 Å². The lowest BCUT2D eigenvalue weighted by atomic mass is 10.1. The van der Waals surface area contributed by atoms with Crippen LogP contribution in [0.15, 0.2) is 54.7 Å². The molecular formula is C23H23N3O5. The van der Waals surface area contributed by atoms with Gasteiger partial charge in [-0.3, -0.25) is 9.59 Å². The first-order valence-electron chi connectivity index (χ1n) is 10.0. The number of nitrogens with one attached hydrogen (secondary N) is 2. The molecule has 4 rings (SSSR count). The second kappa shape index (κ2) is 8.91. The summed E-state index contributed by atoms with van der Waals surface area (Å²) in [6.45, 7) is 1.47. The summed E-state index contributed by atoms with van der Waals surface area (Å²) < 4.78 is 10.8. The molecule has 2 amide bonds. The molecule has 2 heterocycles. The number of anilines is 1. The minimum atomic E-state index is -0.988. The average molecular weight is 421 g/mol. The van der Waals surface area contributed by atoms with Crippen molar-refractivity contribution in [2.75, 3.05) is 24.6 Å². The molecular weight excluding hydrogens is 398 g/mol. The van der Waals surface area contributed by atoms with Gasteiger partial charge in [0.15, 0.2) is 6.61 Å². The first-order chi connectivity index (χ1) is 15.0. The Balaban J connectivity index is 1.26. The second-order valence-electron chi connectivity index (χ2n) is 7.27. The summed E-state index contributed by atoms with van der Waals surface area (Å²) in [5.41, 5.74) is 2.76. The fraction of sp³-hybridized carbons (Fsp3) is 0.261. The summed E-state index contributed by atoms with van der Waals surface area (Å²) in [5.74, 6) is -0.863. The zero-order valence-corrected chi connectivity index (χ0v) is 17.1. The van der Waals surface area contributed by atoms with E-state index in [9.17, 15) is 14.4 Å². The Bertz CT molecular complexity index is 1120. The molecule has 0 aliphatic carbocycles. The highest BCUT2D eigenvalue weighted by molar-refractivity contribution is 5.95. The number of esters is 1. The van der Waals surface area contributed by atoms with Crippen molar-refractivity contribution in [1.29, 1.82) is 0 Å². The predicted octanol–water partition coefficient (Wildman–Crippen LogP) is 2.18. The third-order valence-electron chi connectivity index (χ3n) is 5.15. The SMILES string of the molecule is CC(=O)N1C[C@H](C(=O)OCC(=O)NCCc2c[nH]c3ccccc23)Oc2ccccc21. The number of nitrogens with zero attached hydrogens (tertiary/aromatic N) is 1. The summed E-state index contributed by atoms with van der Waals surface area (Å²) in [6.07, 6.45) is 1.59. The van der Waals surface area contributed by atoms with Crippen LogP contribution in [-0.4, -0.2) is 48.6 Å². The number of ether oxygens (including phenoxy) is 2. The molecule has 0 saturated carbocycles. The maximum Gasteiger partial charge on any atom is 0.349 e. The van der Waals surface area contributed by atoms with Gasteiger partial charge in [0.25, 0.3) is 5.91 Å². The van der Waals surface area contributed by atoms with Gasteiger partial charge in [0, 0.05) is 30.6 Å². The number of amides is 2. The number of aromatic nitrogens is 1. The molecule has 0 bridgehead atoms. The Hall–Kier alpha value is -3.81. The van der Waals surface area contributed by atoms with Crippen LogP contribution in [0, 0.1) is 0 Å². The normalized spacial score (nSPS) is 15.1. The van der Waals surface area contributed by atoms with Gasteiger partial charge in [-0.05, 0) is 30.2 Å². The number of benzene rings is 2. The third-order valence-corrected chi connectivity index (χ3v) is 5.15. The van der Waals surface area contributed by atoms with Crippen molar-refractivity contribution in [1.82, 2.24) is 10.3 Å². The van der Waals surface area contributed by atoms with Gasteiger partial charge < -0.3 is 24.7 Å². The lowest BCUT2D eigenvalue weighted by molar-refractivity contribution is -0.155. The number of aromatic amines is 1. The molecule has 0 fully saturated rings. The smallest absolute Gasteiger partial charge is 0.349 e. The van der Waals surface area contributed by atoms with Crippen molar-refractivity contribution in [3.05, 3.63) is 60.3 Å². The molecule has 1 aromatic heterocycles. The molecule has 31 heavy (non-hydrogen) atoms. The maximum absolute atomic E-state index is 12.4. The lowest BCUT2D eigenvalue weighted by Gasteiger charge is -2.33. The summed E-state index contributed by atoms with van der Waals surface area (Å²) in [4.78, 5) is 41.1. The second-order valence-corrected chi connectivity index (χ2v) is 7.27. The van der Waals surface area contributed by atoms with Crippen molar-refractivity contribution in [3.8, 4) is 5.75 Å². The van der Waals surface area contributed by atoms with Crippen LogP contribution in [0.2, 0.25) is 0 Å². The van der Waals surface area contributed by atoms with Gasteiger partial charge in [-0.25, -0.2) is 4.79 Å². The van der Waals surface area contributed by atoms with Crippen LogP contribution in [0.25, 0.3) is 10.9 Å². The zero-order valence-electron chi connectivity index (χ0n) is 17.1. The Morgan fingerprint density at radius 1 is 1.16 bits per heavy atom. The van der Waals surface area contributed by atoms with Gasteiger partial charge in [-0.15, -0.1) is 0 Å². The standard InChI is InChI=1S/C23H23N3O5/c1-15(27)26-13-21(31-20-9-5-4-8-19(20)26)23(29)30-14-22(28)24-11-10-16-12-25-18-7-3-2-6-17(16)18/h2-9,12,21,25H,10-11,13-14H2,1H3,(H,24,28)/t21-/m1/s1. The number of carbonyl (C=O) groups is 3.